The summed E-state index contributed by atoms with van der Waals surface area (Å²) in [6, 6.07) is 13.7. The van der Waals surface area contributed by atoms with Gasteiger partial charge in [0.15, 0.2) is 0 Å². The highest BCUT2D eigenvalue weighted by Gasteiger charge is 2.20. The highest BCUT2D eigenvalue weighted by atomic mass is 16.5. The highest BCUT2D eigenvalue weighted by molar-refractivity contribution is 5.80. The van der Waals surface area contributed by atoms with Gasteiger partial charge < -0.3 is 9.63 Å². The lowest BCUT2D eigenvalue weighted by molar-refractivity contribution is 0.137. The van der Waals surface area contributed by atoms with Gasteiger partial charge in [0.25, 0.3) is 5.89 Å². The van der Waals surface area contributed by atoms with Crippen LogP contribution < -0.4 is 0 Å². The number of benzene rings is 2. The molecule has 0 aliphatic heterocycles. The second-order valence-electron chi connectivity index (χ2n) is 7.51. The molecule has 0 bridgehead atoms. The molecule has 0 aliphatic carbocycles. The molecule has 0 saturated heterocycles. The molecule has 27 heavy (non-hydrogen) atoms. The molecule has 0 amide bonds. The summed E-state index contributed by atoms with van der Waals surface area (Å²) in [5.41, 5.74) is 4.22. The van der Waals surface area contributed by atoms with Gasteiger partial charge in [-0.2, -0.15) is 4.98 Å². The van der Waals surface area contributed by atoms with Crippen molar-refractivity contribution >= 4 is 11.0 Å². The first-order chi connectivity index (χ1) is 13.0. The van der Waals surface area contributed by atoms with E-state index >= 15 is 0 Å². The quantitative estimate of drug-likeness (QED) is 0.584. The molecule has 7 heteroatoms. The third kappa shape index (κ3) is 3.33. The number of aliphatic hydroxyl groups excluding tert-OH is 1. The van der Waals surface area contributed by atoms with Gasteiger partial charge in [0.05, 0.1) is 12.1 Å². The van der Waals surface area contributed by atoms with Gasteiger partial charge in [-0.05, 0) is 36.8 Å². The average Bonchev–Trinajstić information content (AvgIpc) is 3.29. The summed E-state index contributed by atoms with van der Waals surface area (Å²) >= 11 is 0. The zero-order valence-corrected chi connectivity index (χ0v) is 15.5. The van der Waals surface area contributed by atoms with Crippen LogP contribution in [-0.4, -0.2) is 36.8 Å². The Morgan fingerprint density at radius 1 is 1.15 bits per heavy atom. The van der Waals surface area contributed by atoms with Crippen LogP contribution in [0.3, 0.4) is 0 Å². The third-order valence-electron chi connectivity index (χ3n) is 4.58. The molecule has 0 radical (unpaired) electrons. The van der Waals surface area contributed by atoms with Crippen LogP contribution in [0.4, 0.5) is 0 Å². The standard InChI is InChI=1S/C20H21N5O2/c1-13-6-4-5-7-15(13)19-21-18(23-27-19)14-8-9-17-16(10-14)22-24-25(17)11-20(2,3)12-26/h4-10,26H,11-12H2,1-3H3. The van der Waals surface area contributed by atoms with Crippen LogP contribution in [0.5, 0.6) is 0 Å². The van der Waals surface area contributed by atoms with Gasteiger partial charge in [0.2, 0.25) is 5.82 Å². The van der Waals surface area contributed by atoms with Crippen LogP contribution in [-0.2, 0) is 6.54 Å². The molecule has 0 atom stereocenters. The first kappa shape index (κ1) is 17.4. The Morgan fingerprint density at radius 3 is 2.74 bits per heavy atom. The van der Waals surface area contributed by atoms with Gasteiger partial charge in [-0.15, -0.1) is 5.10 Å². The summed E-state index contributed by atoms with van der Waals surface area (Å²) in [6.45, 7) is 6.65. The Morgan fingerprint density at radius 2 is 1.96 bits per heavy atom. The van der Waals surface area contributed by atoms with Crippen LogP contribution in [0.25, 0.3) is 33.9 Å². The van der Waals surface area contributed by atoms with Crippen molar-refractivity contribution in [1.82, 2.24) is 25.1 Å². The van der Waals surface area contributed by atoms with E-state index in [1.807, 2.05) is 67.9 Å². The van der Waals surface area contributed by atoms with E-state index in [2.05, 4.69) is 20.5 Å². The number of fused-ring (bicyclic) bond motifs is 1. The normalized spacial score (nSPS) is 12.0. The summed E-state index contributed by atoms with van der Waals surface area (Å²) in [4.78, 5) is 4.53. The number of hydrogen-bond donors (Lipinski definition) is 1. The van der Waals surface area contributed by atoms with Crippen molar-refractivity contribution in [2.24, 2.45) is 5.41 Å². The van der Waals surface area contributed by atoms with Gasteiger partial charge in [0.1, 0.15) is 5.52 Å². The van der Waals surface area contributed by atoms with E-state index in [9.17, 15) is 5.11 Å². The summed E-state index contributed by atoms with van der Waals surface area (Å²) in [5, 5.41) is 22.1. The molecule has 138 valence electrons. The summed E-state index contributed by atoms with van der Waals surface area (Å²) in [5.74, 6) is 1.01. The average molecular weight is 363 g/mol. The van der Waals surface area contributed by atoms with Gasteiger partial charge in [-0.3, -0.25) is 0 Å². The largest absolute Gasteiger partial charge is 0.396 e. The van der Waals surface area contributed by atoms with E-state index in [1.165, 1.54) is 0 Å². The molecule has 0 fully saturated rings. The molecular formula is C20H21N5O2. The molecule has 2 aromatic heterocycles. The smallest absolute Gasteiger partial charge is 0.258 e. The van der Waals surface area contributed by atoms with E-state index in [0.717, 1.165) is 27.7 Å². The number of rotatable bonds is 5. The number of aromatic nitrogens is 5. The van der Waals surface area contributed by atoms with Crippen molar-refractivity contribution in [3.63, 3.8) is 0 Å². The molecule has 4 rings (SSSR count). The first-order valence-corrected chi connectivity index (χ1v) is 8.81. The minimum absolute atomic E-state index is 0.0803. The second-order valence-corrected chi connectivity index (χ2v) is 7.51. The van der Waals surface area contributed by atoms with Crippen LogP contribution in [0.2, 0.25) is 0 Å². The topological polar surface area (TPSA) is 89.9 Å². The maximum Gasteiger partial charge on any atom is 0.258 e. The summed E-state index contributed by atoms with van der Waals surface area (Å²) in [7, 11) is 0. The lowest BCUT2D eigenvalue weighted by Gasteiger charge is -2.21. The molecule has 0 spiro atoms. The SMILES string of the molecule is Cc1ccccc1-c1nc(-c2ccc3c(c2)nnn3CC(C)(C)CO)no1. The molecule has 2 heterocycles. The van der Waals surface area contributed by atoms with Crippen LogP contribution in [0.15, 0.2) is 47.0 Å². The van der Waals surface area contributed by atoms with Gasteiger partial charge in [-0.25, -0.2) is 4.68 Å². The summed E-state index contributed by atoms with van der Waals surface area (Å²) < 4.78 is 7.26. The van der Waals surface area contributed by atoms with E-state index in [-0.39, 0.29) is 12.0 Å². The fourth-order valence-corrected chi connectivity index (χ4v) is 2.95. The monoisotopic (exact) mass is 363 g/mol. The number of nitrogens with zero attached hydrogens (tertiary/aromatic N) is 5. The van der Waals surface area contributed by atoms with Crippen molar-refractivity contribution in [2.75, 3.05) is 6.61 Å². The van der Waals surface area contributed by atoms with E-state index < -0.39 is 0 Å². The van der Waals surface area contributed by atoms with Crippen molar-refractivity contribution in [3.8, 4) is 22.8 Å². The molecular weight excluding hydrogens is 342 g/mol. The molecule has 2 aromatic carbocycles. The third-order valence-corrected chi connectivity index (χ3v) is 4.58. The maximum absolute atomic E-state index is 9.49. The second kappa shape index (κ2) is 6.59. The zero-order valence-electron chi connectivity index (χ0n) is 15.5. The first-order valence-electron chi connectivity index (χ1n) is 8.81. The predicted octanol–water partition coefficient (Wildman–Crippen LogP) is 3.48. The molecule has 0 unspecified atom stereocenters. The van der Waals surface area contributed by atoms with Crippen molar-refractivity contribution in [1.29, 1.82) is 0 Å². The minimum atomic E-state index is -0.268. The fraction of sp³-hybridized carbons (Fsp3) is 0.300. The molecule has 4 aromatic rings. The highest BCUT2D eigenvalue weighted by Crippen LogP contribution is 2.27. The van der Waals surface area contributed by atoms with Crippen LogP contribution in [0.1, 0.15) is 19.4 Å². The number of hydrogen-bond acceptors (Lipinski definition) is 6. The molecule has 7 nitrogen and oxygen atoms in total. The van der Waals surface area contributed by atoms with E-state index in [1.54, 1.807) is 0 Å². The van der Waals surface area contributed by atoms with Crippen LogP contribution >= 0.6 is 0 Å². The Kier molecular flexibility index (Phi) is 4.24. The van der Waals surface area contributed by atoms with Gasteiger partial charge in [-0.1, -0.05) is 42.4 Å². The summed E-state index contributed by atoms with van der Waals surface area (Å²) in [6.07, 6.45) is 0. The molecule has 0 aliphatic rings. The van der Waals surface area contributed by atoms with E-state index in [0.29, 0.717) is 18.3 Å². The Labute approximate surface area is 156 Å². The van der Waals surface area contributed by atoms with Crippen LogP contribution in [0, 0.1) is 12.3 Å². The maximum atomic E-state index is 9.49. The predicted molar refractivity (Wildman–Crippen MR) is 102 cm³/mol. The Balaban J connectivity index is 1.67. The molecule has 1 N–H and O–H groups in total. The Hall–Kier alpha value is -3.06. The Bertz CT molecular complexity index is 1100. The lowest BCUT2D eigenvalue weighted by atomic mass is 9.95. The lowest BCUT2D eigenvalue weighted by Crippen LogP contribution is -2.24. The number of aliphatic hydroxyl groups is 1. The van der Waals surface area contributed by atoms with E-state index in [4.69, 9.17) is 4.52 Å². The fourth-order valence-electron chi connectivity index (χ4n) is 2.95. The minimum Gasteiger partial charge on any atom is -0.396 e. The van der Waals surface area contributed by atoms with Crippen molar-refractivity contribution in [2.45, 2.75) is 27.3 Å². The van der Waals surface area contributed by atoms with Gasteiger partial charge >= 0.3 is 0 Å². The van der Waals surface area contributed by atoms with Gasteiger partial charge in [0, 0.05) is 23.1 Å². The van der Waals surface area contributed by atoms with Crippen molar-refractivity contribution in [3.05, 3.63) is 48.0 Å². The number of aryl methyl sites for hydroxylation is 1. The molecule has 0 saturated carbocycles. The zero-order chi connectivity index (χ0) is 19.0. The van der Waals surface area contributed by atoms with Crippen molar-refractivity contribution < 1.29 is 9.63 Å².